The van der Waals surface area contributed by atoms with E-state index < -0.39 is 10.0 Å². The maximum absolute atomic E-state index is 12.8. The first-order valence-corrected chi connectivity index (χ1v) is 13.3. The van der Waals surface area contributed by atoms with E-state index in [0.29, 0.717) is 50.0 Å². The number of benzene rings is 1. The minimum absolute atomic E-state index is 0.0431. The molecule has 182 valence electrons. The topological polar surface area (TPSA) is 99.9 Å². The van der Waals surface area contributed by atoms with Crippen LogP contribution in [0, 0.1) is 5.92 Å². The molecule has 2 amide bonds. The molecule has 0 atom stereocenters. The van der Waals surface area contributed by atoms with Crippen LogP contribution in [0.25, 0.3) is 6.08 Å². The van der Waals surface area contributed by atoms with E-state index in [9.17, 15) is 18.0 Å². The van der Waals surface area contributed by atoms with Crippen LogP contribution in [0.4, 0.5) is 0 Å². The highest BCUT2D eigenvalue weighted by Gasteiger charge is 2.26. The number of hydrogen-bond donors (Lipinski definition) is 1. The van der Waals surface area contributed by atoms with E-state index in [1.165, 1.54) is 22.5 Å². The van der Waals surface area contributed by atoms with Crippen molar-refractivity contribution < 1.29 is 22.4 Å². The first kappa shape index (κ1) is 24.2. The van der Waals surface area contributed by atoms with E-state index >= 15 is 0 Å². The number of likely N-dealkylation sites (tertiary alicyclic amines) is 1. The summed E-state index contributed by atoms with van der Waals surface area (Å²) in [6.45, 7) is 2.91. The Morgan fingerprint density at radius 1 is 1.00 bits per heavy atom. The van der Waals surface area contributed by atoms with Crippen LogP contribution in [0.5, 0.6) is 0 Å². The van der Waals surface area contributed by atoms with Crippen LogP contribution in [0.3, 0.4) is 0 Å². The zero-order chi connectivity index (χ0) is 24.0. The predicted molar refractivity (Wildman–Crippen MR) is 128 cm³/mol. The van der Waals surface area contributed by atoms with Crippen LogP contribution < -0.4 is 5.32 Å². The molecule has 1 aromatic heterocycles. The summed E-state index contributed by atoms with van der Waals surface area (Å²) in [5.41, 5.74) is 0.438. The molecule has 0 bridgehead atoms. The summed E-state index contributed by atoms with van der Waals surface area (Å²) in [7, 11) is -3.50. The van der Waals surface area contributed by atoms with Gasteiger partial charge in [-0.15, -0.1) is 0 Å². The van der Waals surface area contributed by atoms with Crippen LogP contribution in [0.2, 0.25) is 0 Å². The highest BCUT2D eigenvalue weighted by Crippen LogP contribution is 2.21. The number of nitrogens with one attached hydrogen (secondary N) is 1. The third kappa shape index (κ3) is 5.95. The average molecular weight is 486 g/mol. The Bertz CT molecular complexity index is 1100. The highest BCUT2D eigenvalue weighted by molar-refractivity contribution is 7.89. The molecule has 34 heavy (non-hydrogen) atoms. The second-order valence-electron chi connectivity index (χ2n) is 8.82. The Kier molecular flexibility index (Phi) is 7.84. The number of hydrogen-bond acceptors (Lipinski definition) is 5. The second-order valence-corrected chi connectivity index (χ2v) is 10.8. The Balaban J connectivity index is 1.23. The van der Waals surface area contributed by atoms with E-state index in [1.807, 2.05) is 0 Å². The summed E-state index contributed by atoms with van der Waals surface area (Å²) in [4.78, 5) is 26.9. The minimum atomic E-state index is -3.50. The van der Waals surface area contributed by atoms with Crippen molar-refractivity contribution in [1.29, 1.82) is 0 Å². The van der Waals surface area contributed by atoms with E-state index in [-0.39, 0.29) is 16.7 Å². The van der Waals surface area contributed by atoms with Crippen molar-refractivity contribution in [3.8, 4) is 0 Å². The fraction of sp³-hybridized carbons (Fsp3) is 0.440. The number of amides is 2. The summed E-state index contributed by atoms with van der Waals surface area (Å²) in [6.07, 6.45) is 9.21. The van der Waals surface area contributed by atoms with Gasteiger partial charge in [-0.3, -0.25) is 9.59 Å². The number of rotatable bonds is 7. The number of piperidine rings is 2. The maximum atomic E-state index is 12.8. The van der Waals surface area contributed by atoms with Crippen molar-refractivity contribution in [2.24, 2.45) is 5.92 Å². The van der Waals surface area contributed by atoms with Gasteiger partial charge < -0.3 is 14.6 Å². The molecule has 2 saturated heterocycles. The second kappa shape index (κ2) is 11.0. The molecule has 1 aromatic carbocycles. The molecule has 0 radical (unpaired) electrons. The quantitative estimate of drug-likeness (QED) is 0.608. The van der Waals surface area contributed by atoms with Gasteiger partial charge in [-0.25, -0.2) is 8.42 Å². The lowest BCUT2D eigenvalue weighted by atomic mass is 9.96. The number of carbonyl (C=O) groups is 2. The van der Waals surface area contributed by atoms with Crippen LogP contribution in [0.15, 0.2) is 58.1 Å². The lowest BCUT2D eigenvalue weighted by molar-refractivity contribution is -0.127. The molecule has 0 unspecified atom stereocenters. The van der Waals surface area contributed by atoms with Crippen LogP contribution in [-0.2, 0) is 14.8 Å². The fourth-order valence-electron chi connectivity index (χ4n) is 4.37. The number of carbonyl (C=O) groups excluding carboxylic acids is 2. The summed E-state index contributed by atoms with van der Waals surface area (Å²) < 4.78 is 32.3. The summed E-state index contributed by atoms with van der Waals surface area (Å²) in [5.74, 6) is 0.671. The molecule has 0 aliphatic carbocycles. The van der Waals surface area contributed by atoms with Crippen molar-refractivity contribution >= 4 is 27.9 Å². The fourth-order valence-corrected chi connectivity index (χ4v) is 5.89. The molecule has 2 aromatic rings. The van der Waals surface area contributed by atoms with Gasteiger partial charge in [-0.2, -0.15) is 4.31 Å². The molecule has 0 saturated carbocycles. The van der Waals surface area contributed by atoms with Crippen molar-refractivity contribution in [2.75, 3.05) is 32.7 Å². The van der Waals surface area contributed by atoms with E-state index in [1.54, 1.807) is 41.5 Å². The van der Waals surface area contributed by atoms with Gasteiger partial charge in [0.2, 0.25) is 15.9 Å². The third-order valence-corrected chi connectivity index (χ3v) is 8.39. The first-order chi connectivity index (χ1) is 16.4. The van der Waals surface area contributed by atoms with Crippen LogP contribution >= 0.6 is 0 Å². The summed E-state index contributed by atoms with van der Waals surface area (Å²) >= 11 is 0. The van der Waals surface area contributed by atoms with Gasteiger partial charge in [0.05, 0.1) is 11.2 Å². The third-order valence-electron chi connectivity index (χ3n) is 6.48. The largest absolute Gasteiger partial charge is 0.465 e. The first-order valence-electron chi connectivity index (χ1n) is 11.8. The molecule has 9 heteroatoms. The standard InChI is InChI=1S/C25H31N3O5S/c29-24(11-8-22-5-4-18-33-22)27-16-12-20(13-17-27)19-26-25(30)21-6-9-23(10-7-21)34(31,32)28-14-2-1-3-15-28/h4-11,18,20H,1-3,12-17,19H2,(H,26,30). The molecule has 0 spiro atoms. The molecule has 8 nitrogen and oxygen atoms in total. The van der Waals surface area contributed by atoms with Crippen LogP contribution in [0.1, 0.15) is 48.2 Å². The Labute approximate surface area is 200 Å². The van der Waals surface area contributed by atoms with E-state index in [4.69, 9.17) is 4.42 Å². The van der Waals surface area contributed by atoms with Gasteiger partial charge in [-0.1, -0.05) is 6.42 Å². The molecule has 2 fully saturated rings. The van der Waals surface area contributed by atoms with Gasteiger partial charge in [0.15, 0.2) is 0 Å². The van der Waals surface area contributed by atoms with Crippen molar-refractivity contribution in [1.82, 2.24) is 14.5 Å². The number of furan rings is 1. The number of sulfonamides is 1. The van der Waals surface area contributed by atoms with Gasteiger partial charge >= 0.3 is 0 Å². The normalized spacial score (nSPS) is 18.3. The average Bonchev–Trinajstić information content (AvgIpc) is 3.40. The van der Waals surface area contributed by atoms with Crippen molar-refractivity contribution in [2.45, 2.75) is 37.0 Å². The molecular weight excluding hydrogens is 454 g/mol. The zero-order valence-corrected chi connectivity index (χ0v) is 20.0. The molecule has 3 heterocycles. The molecule has 1 N–H and O–H groups in total. The van der Waals surface area contributed by atoms with Gasteiger partial charge in [0, 0.05) is 44.4 Å². The lowest BCUT2D eigenvalue weighted by Gasteiger charge is -2.31. The lowest BCUT2D eigenvalue weighted by Crippen LogP contribution is -2.41. The molecular formula is C25H31N3O5S. The zero-order valence-electron chi connectivity index (χ0n) is 19.2. The highest BCUT2D eigenvalue weighted by atomic mass is 32.2. The molecule has 2 aliphatic heterocycles. The molecule has 2 aliphatic rings. The van der Waals surface area contributed by atoms with Crippen LogP contribution in [-0.4, -0.2) is 62.2 Å². The number of nitrogens with zero attached hydrogens (tertiary/aromatic N) is 2. The Morgan fingerprint density at radius 2 is 1.71 bits per heavy atom. The van der Waals surface area contributed by atoms with Crippen molar-refractivity contribution in [3.05, 3.63) is 60.1 Å². The van der Waals surface area contributed by atoms with Crippen molar-refractivity contribution in [3.63, 3.8) is 0 Å². The summed E-state index contributed by atoms with van der Waals surface area (Å²) in [5, 5.41) is 2.95. The predicted octanol–water partition coefficient (Wildman–Crippen LogP) is 3.14. The Hall–Kier alpha value is -2.91. The van der Waals surface area contributed by atoms with Gasteiger partial charge in [0.1, 0.15) is 5.76 Å². The van der Waals surface area contributed by atoms with Gasteiger partial charge in [0.25, 0.3) is 5.91 Å². The van der Waals surface area contributed by atoms with Gasteiger partial charge in [-0.05, 0) is 74.1 Å². The molecule has 4 rings (SSSR count). The smallest absolute Gasteiger partial charge is 0.251 e. The Morgan fingerprint density at radius 3 is 2.35 bits per heavy atom. The van der Waals surface area contributed by atoms with E-state index in [2.05, 4.69) is 5.32 Å². The van der Waals surface area contributed by atoms with E-state index in [0.717, 1.165) is 32.1 Å². The monoisotopic (exact) mass is 485 g/mol. The maximum Gasteiger partial charge on any atom is 0.251 e. The minimum Gasteiger partial charge on any atom is -0.465 e. The SMILES string of the molecule is O=C(NCC1CCN(C(=O)C=Cc2ccco2)CC1)c1ccc(S(=O)(=O)N2CCCCC2)cc1. The summed E-state index contributed by atoms with van der Waals surface area (Å²) in [6, 6.07) is 9.73.